The Morgan fingerprint density at radius 1 is 1.28 bits per heavy atom. The zero-order valence-electron chi connectivity index (χ0n) is 13.6. The van der Waals surface area contributed by atoms with Gasteiger partial charge in [-0.15, -0.1) is 0 Å². The number of benzene rings is 2. The van der Waals surface area contributed by atoms with Crippen molar-refractivity contribution in [1.29, 1.82) is 5.26 Å². The minimum atomic E-state index is -0.929. The lowest BCUT2D eigenvalue weighted by molar-refractivity contribution is -0.145. The summed E-state index contributed by atoms with van der Waals surface area (Å²) in [6.07, 6.45) is -1.08. The molecule has 0 saturated carbocycles. The number of carbonyl (C=O) groups is 2. The molecule has 0 unspecified atom stereocenters. The molecule has 0 bridgehead atoms. The van der Waals surface area contributed by atoms with Crippen molar-refractivity contribution in [2.45, 2.75) is 19.1 Å². The van der Waals surface area contributed by atoms with Crippen molar-refractivity contribution >= 4 is 17.6 Å². The van der Waals surface area contributed by atoms with Crippen LogP contribution in [0.4, 0.5) is 5.69 Å². The minimum Gasteiger partial charge on any atom is -0.478 e. The maximum Gasteiger partial charge on any atom is 0.309 e. The normalized spacial score (nSPS) is 15.8. The molecule has 2 aromatic carbocycles. The molecule has 1 aliphatic rings. The van der Waals surface area contributed by atoms with Crippen LogP contribution in [0.5, 0.6) is 5.75 Å². The topological polar surface area (TPSA) is 79.6 Å². The zero-order chi connectivity index (χ0) is 17.8. The third kappa shape index (κ3) is 3.45. The molecule has 126 valence electrons. The fourth-order valence-corrected chi connectivity index (χ4v) is 2.72. The lowest BCUT2D eigenvalue weighted by Gasteiger charge is -2.34. The van der Waals surface area contributed by atoms with E-state index in [9.17, 15) is 9.59 Å². The maximum atomic E-state index is 12.8. The standard InChI is InChI=1S/C19H16N2O4/c1-24-18(22)10-17-19(23)21(15-7-2-3-8-16(15)25-17)12-14-6-4-5-13(9-14)11-20/h2-9,17H,10,12H2,1H3/t17-/m1/s1. The number of hydrogen-bond donors (Lipinski definition) is 0. The first-order chi connectivity index (χ1) is 12.1. The number of nitrogens with zero attached hydrogens (tertiary/aromatic N) is 2. The van der Waals surface area contributed by atoms with Gasteiger partial charge < -0.3 is 14.4 Å². The fourth-order valence-electron chi connectivity index (χ4n) is 2.72. The maximum absolute atomic E-state index is 12.8. The number of esters is 1. The van der Waals surface area contributed by atoms with Crippen LogP contribution in [0, 0.1) is 11.3 Å². The molecule has 0 fully saturated rings. The van der Waals surface area contributed by atoms with Crippen molar-refractivity contribution in [2.24, 2.45) is 0 Å². The van der Waals surface area contributed by atoms with Gasteiger partial charge in [0.25, 0.3) is 5.91 Å². The van der Waals surface area contributed by atoms with Gasteiger partial charge in [-0.05, 0) is 29.8 Å². The number of rotatable bonds is 4. The van der Waals surface area contributed by atoms with Crippen molar-refractivity contribution in [3.05, 3.63) is 59.7 Å². The van der Waals surface area contributed by atoms with Gasteiger partial charge in [0.1, 0.15) is 5.75 Å². The van der Waals surface area contributed by atoms with E-state index in [0.29, 0.717) is 17.0 Å². The van der Waals surface area contributed by atoms with Gasteiger partial charge in [0, 0.05) is 0 Å². The molecule has 0 saturated heterocycles. The lowest BCUT2D eigenvalue weighted by atomic mass is 10.1. The average molecular weight is 336 g/mol. The molecule has 1 aliphatic heterocycles. The molecule has 3 rings (SSSR count). The Kier molecular flexibility index (Phi) is 4.66. The predicted molar refractivity (Wildman–Crippen MR) is 89.8 cm³/mol. The van der Waals surface area contributed by atoms with Crippen LogP contribution in [0.3, 0.4) is 0 Å². The second kappa shape index (κ2) is 7.05. The van der Waals surface area contributed by atoms with E-state index < -0.39 is 12.1 Å². The Morgan fingerprint density at radius 3 is 2.84 bits per heavy atom. The van der Waals surface area contributed by atoms with Gasteiger partial charge >= 0.3 is 5.97 Å². The van der Waals surface area contributed by atoms with Gasteiger partial charge in [0.15, 0.2) is 6.10 Å². The molecular weight excluding hydrogens is 320 g/mol. The monoisotopic (exact) mass is 336 g/mol. The summed E-state index contributed by atoms with van der Waals surface area (Å²) >= 11 is 0. The molecular formula is C19H16N2O4. The van der Waals surface area contributed by atoms with E-state index in [4.69, 9.17) is 10.00 Å². The van der Waals surface area contributed by atoms with Crippen LogP contribution in [0.25, 0.3) is 0 Å². The average Bonchev–Trinajstić information content (AvgIpc) is 2.65. The third-order valence-electron chi connectivity index (χ3n) is 3.94. The van der Waals surface area contributed by atoms with Crippen LogP contribution in [0.2, 0.25) is 0 Å². The molecule has 2 aromatic rings. The van der Waals surface area contributed by atoms with Crippen molar-refractivity contribution < 1.29 is 19.1 Å². The highest BCUT2D eigenvalue weighted by Crippen LogP contribution is 2.35. The Hall–Kier alpha value is -3.33. The van der Waals surface area contributed by atoms with E-state index in [2.05, 4.69) is 10.8 Å². The zero-order valence-corrected chi connectivity index (χ0v) is 13.6. The van der Waals surface area contributed by atoms with E-state index in [-0.39, 0.29) is 18.9 Å². The first-order valence-electron chi connectivity index (χ1n) is 7.75. The van der Waals surface area contributed by atoms with Crippen molar-refractivity contribution in [3.63, 3.8) is 0 Å². The van der Waals surface area contributed by atoms with Crippen LogP contribution in [-0.4, -0.2) is 25.1 Å². The molecule has 0 aromatic heterocycles. The van der Waals surface area contributed by atoms with E-state index >= 15 is 0 Å². The SMILES string of the molecule is COC(=O)C[C@H]1Oc2ccccc2N(Cc2cccc(C#N)c2)C1=O. The molecule has 6 nitrogen and oxygen atoms in total. The van der Waals surface area contributed by atoms with Crippen LogP contribution in [-0.2, 0) is 20.9 Å². The Balaban J connectivity index is 1.93. The Bertz CT molecular complexity index is 856. The molecule has 25 heavy (non-hydrogen) atoms. The number of anilines is 1. The number of nitriles is 1. The molecule has 1 heterocycles. The van der Waals surface area contributed by atoms with Crippen LogP contribution >= 0.6 is 0 Å². The summed E-state index contributed by atoms with van der Waals surface area (Å²) in [6, 6.07) is 16.3. The van der Waals surface area contributed by atoms with E-state index in [1.54, 1.807) is 41.3 Å². The summed E-state index contributed by atoms with van der Waals surface area (Å²) in [5, 5.41) is 9.04. The largest absolute Gasteiger partial charge is 0.478 e. The molecule has 0 spiro atoms. The molecule has 1 atom stereocenters. The van der Waals surface area contributed by atoms with Crippen molar-refractivity contribution in [2.75, 3.05) is 12.0 Å². The second-order valence-corrected chi connectivity index (χ2v) is 5.59. The van der Waals surface area contributed by atoms with Gasteiger partial charge in [-0.3, -0.25) is 9.59 Å². The van der Waals surface area contributed by atoms with Crippen LogP contribution in [0.15, 0.2) is 48.5 Å². The predicted octanol–water partition coefficient (Wildman–Crippen LogP) is 2.42. The summed E-state index contributed by atoms with van der Waals surface area (Å²) in [5.41, 5.74) is 1.98. The van der Waals surface area contributed by atoms with Gasteiger partial charge in [-0.1, -0.05) is 24.3 Å². The highest BCUT2D eigenvalue weighted by Gasteiger charge is 2.35. The summed E-state index contributed by atoms with van der Waals surface area (Å²) < 4.78 is 10.3. The van der Waals surface area contributed by atoms with E-state index in [1.165, 1.54) is 7.11 Å². The highest BCUT2D eigenvalue weighted by molar-refractivity contribution is 6.01. The van der Waals surface area contributed by atoms with Crippen molar-refractivity contribution in [3.8, 4) is 11.8 Å². The summed E-state index contributed by atoms with van der Waals surface area (Å²) in [5.74, 6) is -0.289. The van der Waals surface area contributed by atoms with Gasteiger partial charge in [-0.2, -0.15) is 5.26 Å². The van der Waals surface area contributed by atoms with Crippen molar-refractivity contribution in [1.82, 2.24) is 0 Å². The summed E-state index contributed by atoms with van der Waals surface area (Å²) in [6.45, 7) is 0.284. The number of ether oxygens (including phenoxy) is 2. The van der Waals surface area contributed by atoms with Crippen LogP contribution < -0.4 is 9.64 Å². The number of methoxy groups -OCH3 is 1. The number of amides is 1. The Labute approximate surface area is 145 Å². The first kappa shape index (κ1) is 16.5. The number of hydrogen-bond acceptors (Lipinski definition) is 5. The third-order valence-corrected chi connectivity index (χ3v) is 3.94. The molecule has 1 amide bonds. The highest BCUT2D eigenvalue weighted by atomic mass is 16.5. The number of para-hydroxylation sites is 2. The molecule has 0 N–H and O–H groups in total. The summed E-state index contributed by atoms with van der Waals surface area (Å²) in [7, 11) is 1.27. The smallest absolute Gasteiger partial charge is 0.309 e. The first-order valence-corrected chi connectivity index (χ1v) is 7.75. The lowest BCUT2D eigenvalue weighted by Crippen LogP contribution is -2.46. The quantitative estimate of drug-likeness (QED) is 0.801. The fraction of sp³-hybridized carbons (Fsp3) is 0.211. The number of fused-ring (bicyclic) bond motifs is 1. The molecule has 0 aliphatic carbocycles. The second-order valence-electron chi connectivity index (χ2n) is 5.59. The van der Waals surface area contributed by atoms with Gasteiger partial charge in [-0.25, -0.2) is 0 Å². The van der Waals surface area contributed by atoms with Gasteiger partial charge in [0.05, 0.1) is 37.4 Å². The number of carbonyl (C=O) groups excluding carboxylic acids is 2. The molecule has 6 heteroatoms. The Morgan fingerprint density at radius 2 is 2.08 bits per heavy atom. The van der Waals surface area contributed by atoms with Crippen LogP contribution in [0.1, 0.15) is 17.5 Å². The van der Waals surface area contributed by atoms with E-state index in [1.807, 2.05) is 12.1 Å². The van der Waals surface area contributed by atoms with E-state index in [0.717, 1.165) is 5.56 Å². The van der Waals surface area contributed by atoms with Gasteiger partial charge in [0.2, 0.25) is 0 Å². The summed E-state index contributed by atoms with van der Waals surface area (Å²) in [4.78, 5) is 26.0. The molecule has 0 radical (unpaired) electrons. The minimum absolute atomic E-state index is 0.154.